The molecule has 1 aliphatic rings. The summed E-state index contributed by atoms with van der Waals surface area (Å²) in [5.74, 6) is -1.28. The number of nitrogens with two attached hydrogens (primary N) is 1. The van der Waals surface area contributed by atoms with Gasteiger partial charge in [-0.1, -0.05) is 60.7 Å². The van der Waals surface area contributed by atoms with Gasteiger partial charge in [0.1, 0.15) is 19.2 Å². The Morgan fingerprint density at radius 2 is 1.49 bits per heavy atom. The lowest BCUT2D eigenvalue weighted by molar-refractivity contribution is -0.130. The fourth-order valence-corrected chi connectivity index (χ4v) is 4.81. The molecule has 4 amide bonds. The van der Waals surface area contributed by atoms with E-state index in [1.54, 1.807) is 18.2 Å². The summed E-state index contributed by atoms with van der Waals surface area (Å²) in [6.07, 6.45) is -1.18. The van der Waals surface area contributed by atoms with Gasteiger partial charge < -0.3 is 35.9 Å². The van der Waals surface area contributed by atoms with Gasteiger partial charge in [-0.05, 0) is 28.3 Å². The largest absolute Gasteiger partial charge is 0.493 e. The number of hydrogen-bond acceptors (Lipinski definition) is 7. The molecular formula is C30H32N4O7. The van der Waals surface area contributed by atoms with Crippen molar-refractivity contribution in [3.8, 4) is 22.6 Å². The summed E-state index contributed by atoms with van der Waals surface area (Å²) in [5.41, 5.74) is 10.4. The van der Waals surface area contributed by atoms with Crippen molar-refractivity contribution in [2.24, 2.45) is 5.73 Å². The third-order valence-corrected chi connectivity index (χ3v) is 6.77. The Morgan fingerprint density at radius 1 is 0.829 bits per heavy atom. The minimum atomic E-state index is -1.28. The van der Waals surface area contributed by atoms with E-state index < -0.39 is 42.8 Å². The van der Waals surface area contributed by atoms with Crippen LogP contribution in [-0.2, 0) is 25.7 Å². The number of hydrogen-bond donors (Lipinski definition) is 4. The highest BCUT2D eigenvalue weighted by Gasteiger charge is 2.29. The highest BCUT2D eigenvalue weighted by atomic mass is 16.5. The number of amides is 4. The molecular weight excluding hydrogens is 528 g/mol. The molecule has 214 valence electrons. The summed E-state index contributed by atoms with van der Waals surface area (Å²) in [7, 11) is 2.99. The summed E-state index contributed by atoms with van der Waals surface area (Å²) < 4.78 is 16.0. The van der Waals surface area contributed by atoms with Crippen molar-refractivity contribution in [1.29, 1.82) is 0 Å². The van der Waals surface area contributed by atoms with Crippen molar-refractivity contribution in [1.82, 2.24) is 16.0 Å². The van der Waals surface area contributed by atoms with Gasteiger partial charge in [0.15, 0.2) is 11.5 Å². The van der Waals surface area contributed by atoms with E-state index >= 15 is 0 Å². The number of carbonyl (C=O) groups excluding carboxylic acids is 4. The molecule has 0 aromatic heterocycles. The van der Waals surface area contributed by atoms with Gasteiger partial charge in [0.25, 0.3) is 0 Å². The molecule has 11 nitrogen and oxygen atoms in total. The lowest BCUT2D eigenvalue weighted by atomic mass is 9.98. The van der Waals surface area contributed by atoms with Crippen LogP contribution in [0.5, 0.6) is 11.5 Å². The van der Waals surface area contributed by atoms with Gasteiger partial charge in [0.2, 0.25) is 17.7 Å². The van der Waals surface area contributed by atoms with Gasteiger partial charge in [-0.3, -0.25) is 14.4 Å². The van der Waals surface area contributed by atoms with Crippen LogP contribution in [-0.4, -0.2) is 57.2 Å². The Hall–Kier alpha value is -5.06. The second-order valence-corrected chi connectivity index (χ2v) is 9.34. The lowest BCUT2D eigenvalue weighted by Crippen LogP contribution is -2.49. The predicted octanol–water partition coefficient (Wildman–Crippen LogP) is 2.22. The second-order valence-electron chi connectivity index (χ2n) is 9.34. The Morgan fingerprint density at radius 3 is 2.10 bits per heavy atom. The van der Waals surface area contributed by atoms with E-state index in [1.807, 2.05) is 48.5 Å². The standard InChI is InChI=1S/C30H32N4O7/c1-39-25-13-7-8-18(28(25)40-2)15-32-26(35)14-24(29(31)37)34-27(36)16-33-30(38)41-17-23-21-11-5-3-9-19(21)20-10-4-6-12-22(20)23/h3-13,23-24H,14-17H2,1-2H3,(H2,31,37)(H,32,35)(H,33,38)(H,34,36)/t24-/m0/s1. The van der Waals surface area contributed by atoms with Crippen LogP contribution in [0.1, 0.15) is 29.0 Å². The van der Waals surface area contributed by atoms with Crippen LogP contribution in [0.3, 0.4) is 0 Å². The molecule has 0 aliphatic heterocycles. The Bertz CT molecular complexity index is 1400. The van der Waals surface area contributed by atoms with Crippen molar-refractivity contribution in [2.75, 3.05) is 27.4 Å². The molecule has 3 aromatic carbocycles. The summed E-state index contributed by atoms with van der Waals surface area (Å²) >= 11 is 0. The van der Waals surface area contributed by atoms with Gasteiger partial charge in [-0.25, -0.2) is 4.79 Å². The Labute approximate surface area is 237 Å². The average Bonchev–Trinajstić information content (AvgIpc) is 3.30. The van der Waals surface area contributed by atoms with E-state index in [-0.39, 0.29) is 19.1 Å². The summed E-state index contributed by atoms with van der Waals surface area (Å²) in [6.45, 7) is -0.283. The zero-order valence-corrected chi connectivity index (χ0v) is 22.8. The van der Waals surface area contributed by atoms with Crippen LogP contribution in [0.25, 0.3) is 11.1 Å². The maximum Gasteiger partial charge on any atom is 0.407 e. The number of benzene rings is 3. The number of fused-ring (bicyclic) bond motifs is 3. The first kappa shape index (κ1) is 28.9. The predicted molar refractivity (Wildman–Crippen MR) is 150 cm³/mol. The zero-order valence-electron chi connectivity index (χ0n) is 22.8. The fraction of sp³-hybridized carbons (Fsp3) is 0.267. The molecule has 5 N–H and O–H groups in total. The number of primary amides is 1. The minimum absolute atomic E-state index is 0.0869. The Balaban J connectivity index is 1.24. The molecule has 0 heterocycles. The van der Waals surface area contributed by atoms with E-state index in [4.69, 9.17) is 19.9 Å². The van der Waals surface area contributed by atoms with Crippen LogP contribution >= 0.6 is 0 Å². The van der Waals surface area contributed by atoms with Crippen LogP contribution in [0.2, 0.25) is 0 Å². The SMILES string of the molecule is COc1cccc(CNC(=O)C[C@H](NC(=O)CNC(=O)OCC2c3ccccc3-c3ccccc32)C(N)=O)c1OC. The molecule has 0 unspecified atom stereocenters. The van der Waals surface area contributed by atoms with E-state index in [0.29, 0.717) is 17.1 Å². The number of para-hydroxylation sites is 1. The summed E-state index contributed by atoms with van der Waals surface area (Å²) in [5, 5.41) is 7.41. The van der Waals surface area contributed by atoms with Crippen molar-refractivity contribution in [3.05, 3.63) is 83.4 Å². The molecule has 41 heavy (non-hydrogen) atoms. The monoisotopic (exact) mass is 560 g/mol. The number of alkyl carbamates (subject to hydrolysis) is 1. The summed E-state index contributed by atoms with van der Waals surface area (Å²) in [6, 6.07) is 19.8. The van der Waals surface area contributed by atoms with Crippen LogP contribution in [0.15, 0.2) is 66.7 Å². The molecule has 11 heteroatoms. The average molecular weight is 561 g/mol. The van der Waals surface area contributed by atoms with E-state index in [1.165, 1.54) is 14.2 Å². The number of nitrogens with one attached hydrogen (secondary N) is 3. The molecule has 3 aromatic rings. The van der Waals surface area contributed by atoms with Crippen molar-refractivity contribution >= 4 is 23.8 Å². The topological polar surface area (TPSA) is 158 Å². The number of carbonyl (C=O) groups is 4. The molecule has 0 bridgehead atoms. The minimum Gasteiger partial charge on any atom is -0.493 e. The lowest BCUT2D eigenvalue weighted by Gasteiger charge is -2.17. The third-order valence-electron chi connectivity index (χ3n) is 6.77. The van der Waals surface area contributed by atoms with Crippen molar-refractivity contribution in [2.45, 2.75) is 24.9 Å². The molecule has 1 atom stereocenters. The normalized spacial score (nSPS) is 12.3. The summed E-state index contributed by atoms with van der Waals surface area (Å²) in [4.78, 5) is 49.2. The third kappa shape index (κ3) is 6.93. The van der Waals surface area contributed by atoms with Crippen LogP contribution in [0.4, 0.5) is 4.79 Å². The first-order valence-corrected chi connectivity index (χ1v) is 13.0. The maximum atomic E-state index is 12.5. The van der Waals surface area contributed by atoms with Gasteiger partial charge in [-0.15, -0.1) is 0 Å². The maximum absolute atomic E-state index is 12.5. The van der Waals surface area contributed by atoms with Crippen LogP contribution < -0.4 is 31.2 Å². The Kier molecular flexibility index (Phi) is 9.41. The highest BCUT2D eigenvalue weighted by molar-refractivity contribution is 5.92. The molecule has 0 radical (unpaired) electrons. The molecule has 0 spiro atoms. The van der Waals surface area contributed by atoms with Gasteiger partial charge in [0.05, 0.1) is 20.6 Å². The highest BCUT2D eigenvalue weighted by Crippen LogP contribution is 2.44. The number of methoxy groups -OCH3 is 2. The quantitative estimate of drug-likeness (QED) is 0.264. The van der Waals surface area contributed by atoms with Crippen molar-refractivity contribution in [3.63, 3.8) is 0 Å². The van der Waals surface area contributed by atoms with Gasteiger partial charge in [-0.2, -0.15) is 0 Å². The first-order valence-electron chi connectivity index (χ1n) is 13.0. The molecule has 4 rings (SSSR count). The second kappa shape index (κ2) is 13.3. The van der Waals surface area contributed by atoms with Crippen LogP contribution in [0, 0.1) is 0 Å². The molecule has 0 saturated carbocycles. The van der Waals surface area contributed by atoms with Gasteiger partial charge >= 0.3 is 6.09 Å². The number of rotatable bonds is 12. The van der Waals surface area contributed by atoms with E-state index in [9.17, 15) is 19.2 Å². The molecule has 0 saturated heterocycles. The first-order chi connectivity index (χ1) is 19.8. The van der Waals surface area contributed by atoms with E-state index in [0.717, 1.165) is 22.3 Å². The molecule has 0 fully saturated rings. The molecule has 1 aliphatic carbocycles. The fourth-order valence-electron chi connectivity index (χ4n) is 4.81. The van der Waals surface area contributed by atoms with Gasteiger partial charge in [0, 0.05) is 18.0 Å². The zero-order chi connectivity index (χ0) is 29.4. The van der Waals surface area contributed by atoms with E-state index in [2.05, 4.69) is 16.0 Å². The van der Waals surface area contributed by atoms with Crippen molar-refractivity contribution < 1.29 is 33.4 Å². The number of ether oxygens (including phenoxy) is 3. The smallest absolute Gasteiger partial charge is 0.407 e.